The second-order valence-electron chi connectivity index (χ2n) is 10.6. The van der Waals surface area contributed by atoms with Gasteiger partial charge in [-0.2, -0.15) is 0 Å². The lowest BCUT2D eigenvalue weighted by molar-refractivity contribution is -0.145. The van der Waals surface area contributed by atoms with Crippen molar-refractivity contribution in [2.75, 3.05) is 37.5 Å². The Balaban J connectivity index is 1.39. The SMILES string of the molecule is CN(Cc1ccc(N(C)C)cc1)C(=O)N1[C@H]2CC[C@@H]1[C@@H](C(=O)O)N(C(=O)N(c1ccccc1)c1ccccc1)C2. The van der Waals surface area contributed by atoms with Crippen LogP contribution in [0.2, 0.25) is 0 Å². The molecule has 5 rings (SSSR count). The molecule has 0 aromatic heterocycles. The second-order valence-corrected chi connectivity index (χ2v) is 10.6. The molecule has 2 saturated heterocycles. The molecule has 9 heteroatoms. The van der Waals surface area contributed by atoms with Crippen LogP contribution in [0.3, 0.4) is 0 Å². The van der Waals surface area contributed by atoms with Crippen LogP contribution in [0.15, 0.2) is 84.9 Å². The number of aliphatic carboxylic acids is 1. The van der Waals surface area contributed by atoms with Gasteiger partial charge in [0.1, 0.15) is 0 Å². The standard InChI is InChI=1S/C31H35N5O4/c1-32(2)23-16-14-22(15-17-23)20-33(3)30(39)36-26-18-19-27(36)28(29(37)38)34(21-26)31(40)35(24-10-6-4-7-11-24)25-12-8-5-9-13-25/h4-17,26-28H,18-21H2,1-3H3,(H,37,38)/t26-,27+,28-/m0/s1. The zero-order valence-corrected chi connectivity index (χ0v) is 23.1. The summed E-state index contributed by atoms with van der Waals surface area (Å²) < 4.78 is 0. The Morgan fingerprint density at radius 1 is 0.775 bits per heavy atom. The van der Waals surface area contributed by atoms with Gasteiger partial charge in [0.05, 0.1) is 23.5 Å². The molecule has 2 bridgehead atoms. The number of amides is 4. The van der Waals surface area contributed by atoms with E-state index in [1.165, 1.54) is 4.90 Å². The van der Waals surface area contributed by atoms with Crippen molar-refractivity contribution >= 4 is 35.1 Å². The number of carboxylic acids is 1. The van der Waals surface area contributed by atoms with E-state index >= 15 is 0 Å². The van der Waals surface area contributed by atoms with E-state index in [0.29, 0.717) is 30.8 Å². The minimum atomic E-state index is -1.15. The fraction of sp³-hybridized carbons (Fsp3) is 0.323. The molecule has 0 radical (unpaired) electrons. The minimum Gasteiger partial charge on any atom is -0.480 e. The first-order valence-corrected chi connectivity index (χ1v) is 13.5. The fourth-order valence-corrected chi connectivity index (χ4v) is 5.83. The van der Waals surface area contributed by atoms with E-state index in [4.69, 9.17) is 0 Å². The predicted molar refractivity (Wildman–Crippen MR) is 155 cm³/mol. The molecule has 2 aliphatic rings. The van der Waals surface area contributed by atoms with Gasteiger partial charge < -0.3 is 24.7 Å². The summed E-state index contributed by atoms with van der Waals surface area (Å²) in [6.07, 6.45) is 1.17. The molecule has 40 heavy (non-hydrogen) atoms. The normalized spacial score (nSPS) is 19.7. The highest BCUT2D eigenvalue weighted by atomic mass is 16.4. The van der Waals surface area contributed by atoms with Crippen LogP contribution in [0.25, 0.3) is 0 Å². The number of likely N-dealkylation sites (tertiary alicyclic amines) is 1. The maximum atomic E-state index is 14.1. The van der Waals surface area contributed by atoms with Gasteiger partial charge in [-0.3, -0.25) is 4.90 Å². The quantitative estimate of drug-likeness (QED) is 0.481. The number of benzene rings is 3. The number of para-hydroxylation sites is 2. The van der Waals surface area contributed by atoms with Crippen molar-refractivity contribution in [1.29, 1.82) is 0 Å². The van der Waals surface area contributed by atoms with Gasteiger partial charge in [-0.1, -0.05) is 48.5 Å². The van der Waals surface area contributed by atoms with Crippen molar-refractivity contribution in [2.45, 2.75) is 37.5 Å². The largest absolute Gasteiger partial charge is 0.480 e. The molecular formula is C31H35N5O4. The van der Waals surface area contributed by atoms with Gasteiger partial charge in [0, 0.05) is 39.9 Å². The molecule has 9 nitrogen and oxygen atoms in total. The molecule has 4 amide bonds. The molecule has 0 unspecified atom stereocenters. The van der Waals surface area contributed by atoms with Crippen LogP contribution >= 0.6 is 0 Å². The number of piperazine rings is 1. The minimum absolute atomic E-state index is 0.152. The van der Waals surface area contributed by atoms with Crippen LogP contribution in [-0.2, 0) is 11.3 Å². The van der Waals surface area contributed by atoms with Gasteiger partial charge in [-0.15, -0.1) is 0 Å². The summed E-state index contributed by atoms with van der Waals surface area (Å²) in [4.78, 5) is 48.9. The van der Waals surface area contributed by atoms with Crippen molar-refractivity contribution in [3.05, 3.63) is 90.5 Å². The third-order valence-corrected chi connectivity index (χ3v) is 7.79. The van der Waals surface area contributed by atoms with Gasteiger partial charge in [-0.05, 0) is 54.8 Å². The second kappa shape index (κ2) is 11.3. The van der Waals surface area contributed by atoms with E-state index in [-0.39, 0.29) is 18.6 Å². The van der Waals surface area contributed by atoms with Crippen molar-refractivity contribution in [3.63, 3.8) is 0 Å². The molecule has 0 saturated carbocycles. The van der Waals surface area contributed by atoms with Crippen LogP contribution in [0, 0.1) is 0 Å². The van der Waals surface area contributed by atoms with Crippen molar-refractivity contribution in [1.82, 2.24) is 14.7 Å². The van der Waals surface area contributed by atoms with Crippen molar-refractivity contribution in [3.8, 4) is 0 Å². The first kappa shape index (κ1) is 27.1. The number of carbonyl (C=O) groups excluding carboxylic acids is 2. The summed E-state index contributed by atoms with van der Waals surface area (Å²) in [5, 5.41) is 10.4. The Hall–Kier alpha value is -4.53. The van der Waals surface area contributed by atoms with Gasteiger partial charge in [0.15, 0.2) is 6.04 Å². The Morgan fingerprint density at radius 2 is 1.35 bits per heavy atom. The third-order valence-electron chi connectivity index (χ3n) is 7.79. The first-order chi connectivity index (χ1) is 19.3. The van der Waals surface area contributed by atoms with E-state index in [1.54, 1.807) is 21.7 Å². The lowest BCUT2D eigenvalue weighted by atomic mass is 10.0. The number of carboxylic acid groups (broad SMARTS) is 1. The maximum Gasteiger partial charge on any atom is 0.329 e. The van der Waals surface area contributed by atoms with Crippen LogP contribution in [-0.4, -0.2) is 83.7 Å². The van der Waals surface area contributed by atoms with E-state index in [9.17, 15) is 19.5 Å². The molecule has 2 aliphatic heterocycles. The molecule has 3 aromatic carbocycles. The monoisotopic (exact) mass is 541 g/mol. The zero-order valence-electron chi connectivity index (χ0n) is 23.1. The summed E-state index contributed by atoms with van der Waals surface area (Å²) in [6, 6.07) is 23.8. The number of rotatable bonds is 6. The summed E-state index contributed by atoms with van der Waals surface area (Å²) in [7, 11) is 5.69. The number of carbonyl (C=O) groups is 3. The summed E-state index contributed by atoms with van der Waals surface area (Å²) in [5.41, 5.74) is 3.35. The Bertz CT molecular complexity index is 1310. The Kier molecular flexibility index (Phi) is 7.64. The number of fused-ring (bicyclic) bond motifs is 2. The predicted octanol–water partition coefficient (Wildman–Crippen LogP) is 4.86. The lowest BCUT2D eigenvalue weighted by Gasteiger charge is -2.47. The van der Waals surface area contributed by atoms with Crippen LogP contribution in [0.1, 0.15) is 18.4 Å². The third kappa shape index (κ3) is 5.19. The van der Waals surface area contributed by atoms with Gasteiger partial charge in [0.2, 0.25) is 0 Å². The molecule has 2 heterocycles. The van der Waals surface area contributed by atoms with Crippen LogP contribution < -0.4 is 9.80 Å². The van der Waals surface area contributed by atoms with Gasteiger partial charge in [-0.25, -0.2) is 14.4 Å². The Morgan fingerprint density at radius 3 is 1.88 bits per heavy atom. The molecule has 0 spiro atoms. The molecule has 3 atom stereocenters. The first-order valence-electron chi connectivity index (χ1n) is 13.5. The fourth-order valence-electron chi connectivity index (χ4n) is 5.83. The van der Waals surface area contributed by atoms with Crippen LogP contribution in [0.4, 0.5) is 26.7 Å². The number of hydrogen-bond donors (Lipinski definition) is 1. The lowest BCUT2D eigenvalue weighted by Crippen LogP contribution is -2.67. The number of nitrogens with zero attached hydrogens (tertiary/aromatic N) is 5. The number of urea groups is 2. The highest BCUT2D eigenvalue weighted by molar-refractivity contribution is 6.01. The van der Waals surface area contributed by atoms with Gasteiger partial charge >= 0.3 is 18.0 Å². The topological polar surface area (TPSA) is 87.6 Å². The van der Waals surface area contributed by atoms with Crippen molar-refractivity contribution in [2.24, 2.45) is 0 Å². The molecular weight excluding hydrogens is 506 g/mol. The van der Waals surface area contributed by atoms with Crippen molar-refractivity contribution < 1.29 is 19.5 Å². The molecule has 1 N–H and O–H groups in total. The van der Waals surface area contributed by atoms with E-state index in [0.717, 1.165) is 11.3 Å². The smallest absolute Gasteiger partial charge is 0.329 e. The average molecular weight is 542 g/mol. The molecule has 3 aromatic rings. The Labute approximate surface area is 234 Å². The average Bonchev–Trinajstić information content (AvgIpc) is 3.25. The molecule has 208 valence electrons. The van der Waals surface area contributed by atoms with Gasteiger partial charge in [0.25, 0.3) is 0 Å². The highest BCUT2D eigenvalue weighted by Gasteiger charge is 2.54. The number of anilines is 3. The zero-order chi connectivity index (χ0) is 28.4. The van der Waals surface area contributed by atoms with Crippen LogP contribution in [0.5, 0.6) is 0 Å². The number of hydrogen-bond acceptors (Lipinski definition) is 4. The maximum absolute atomic E-state index is 14.1. The van der Waals surface area contributed by atoms with E-state index < -0.39 is 24.1 Å². The highest BCUT2D eigenvalue weighted by Crippen LogP contribution is 2.37. The van der Waals surface area contributed by atoms with E-state index in [2.05, 4.69) is 0 Å². The molecule has 2 fully saturated rings. The summed E-state index contributed by atoms with van der Waals surface area (Å²) in [5.74, 6) is -1.11. The summed E-state index contributed by atoms with van der Waals surface area (Å²) in [6.45, 7) is 0.554. The van der Waals surface area contributed by atoms with E-state index in [1.807, 2.05) is 104 Å². The molecule has 0 aliphatic carbocycles. The summed E-state index contributed by atoms with van der Waals surface area (Å²) >= 11 is 0.